The molecule has 3 nitrogen and oxygen atoms in total. The molecule has 1 fully saturated rings. The first-order chi connectivity index (χ1) is 10.1. The van der Waals surface area contributed by atoms with E-state index in [0.717, 1.165) is 50.1 Å². The van der Waals surface area contributed by atoms with Crippen molar-refractivity contribution in [3.63, 3.8) is 0 Å². The molecule has 0 radical (unpaired) electrons. The van der Waals surface area contributed by atoms with Gasteiger partial charge >= 0.3 is 0 Å². The third-order valence-electron chi connectivity index (χ3n) is 4.28. The molecule has 1 heterocycles. The normalized spacial score (nSPS) is 22.6. The van der Waals surface area contributed by atoms with Crippen molar-refractivity contribution < 1.29 is 9.13 Å². The summed E-state index contributed by atoms with van der Waals surface area (Å²) in [5.41, 5.74) is 2.05. The zero-order valence-electron chi connectivity index (χ0n) is 13.4. The van der Waals surface area contributed by atoms with E-state index in [2.05, 4.69) is 24.1 Å². The minimum atomic E-state index is -0.168. The molecule has 0 saturated carbocycles. The summed E-state index contributed by atoms with van der Waals surface area (Å²) in [7, 11) is 1.78. The number of nitrogens with zero attached hydrogens (tertiary/aromatic N) is 1. The standard InChI is InChI=1S/C17H27FN2O/c1-4-9-19-12-14-11-15(18)6-7-16(14)20-10-5-8-17(2,13-20)21-3/h6-7,11,19H,4-5,8-10,12-13H2,1-3H3. The van der Waals surface area contributed by atoms with Crippen molar-refractivity contribution in [1.82, 2.24) is 5.32 Å². The monoisotopic (exact) mass is 294 g/mol. The van der Waals surface area contributed by atoms with Gasteiger partial charge < -0.3 is 15.0 Å². The maximum absolute atomic E-state index is 13.6. The Balaban J connectivity index is 2.17. The maximum Gasteiger partial charge on any atom is 0.123 e. The fourth-order valence-electron chi connectivity index (χ4n) is 2.98. The van der Waals surface area contributed by atoms with Gasteiger partial charge in [-0.2, -0.15) is 0 Å². The molecule has 1 aromatic carbocycles. The van der Waals surface area contributed by atoms with E-state index in [0.29, 0.717) is 6.54 Å². The lowest BCUT2D eigenvalue weighted by Crippen LogP contribution is -2.47. The molecule has 0 aromatic heterocycles. The Bertz CT molecular complexity index is 466. The predicted molar refractivity (Wildman–Crippen MR) is 85.3 cm³/mol. The summed E-state index contributed by atoms with van der Waals surface area (Å²) in [5.74, 6) is -0.168. The third kappa shape index (κ3) is 4.17. The Kier molecular flexibility index (Phi) is 5.59. The molecule has 1 atom stereocenters. The average Bonchev–Trinajstić information content (AvgIpc) is 2.48. The van der Waals surface area contributed by atoms with Crippen molar-refractivity contribution in [2.24, 2.45) is 0 Å². The highest BCUT2D eigenvalue weighted by molar-refractivity contribution is 5.54. The number of rotatable bonds is 6. The van der Waals surface area contributed by atoms with Gasteiger partial charge in [0, 0.05) is 32.4 Å². The number of anilines is 1. The highest BCUT2D eigenvalue weighted by Crippen LogP contribution is 2.30. The van der Waals surface area contributed by atoms with E-state index in [1.165, 1.54) is 0 Å². The van der Waals surface area contributed by atoms with E-state index in [1.807, 2.05) is 6.07 Å². The van der Waals surface area contributed by atoms with Gasteiger partial charge in [0.25, 0.3) is 0 Å². The number of benzene rings is 1. The van der Waals surface area contributed by atoms with Crippen LogP contribution in [0.25, 0.3) is 0 Å². The first kappa shape index (κ1) is 16.2. The topological polar surface area (TPSA) is 24.5 Å². The molecule has 1 N–H and O–H groups in total. The van der Waals surface area contributed by atoms with Crippen molar-refractivity contribution in [1.29, 1.82) is 0 Å². The summed E-state index contributed by atoms with van der Waals surface area (Å²) in [6.45, 7) is 7.81. The summed E-state index contributed by atoms with van der Waals surface area (Å²) in [5, 5.41) is 3.37. The lowest BCUT2D eigenvalue weighted by molar-refractivity contribution is -0.00468. The van der Waals surface area contributed by atoms with Gasteiger partial charge in [-0.1, -0.05) is 6.92 Å². The Morgan fingerprint density at radius 2 is 2.24 bits per heavy atom. The largest absolute Gasteiger partial charge is 0.377 e. The second-order valence-electron chi connectivity index (χ2n) is 6.13. The molecule has 2 rings (SSSR count). The molecule has 1 unspecified atom stereocenters. The number of nitrogens with one attached hydrogen (secondary N) is 1. The van der Waals surface area contributed by atoms with Crippen LogP contribution < -0.4 is 10.2 Å². The number of halogens is 1. The van der Waals surface area contributed by atoms with E-state index in [9.17, 15) is 4.39 Å². The highest BCUT2D eigenvalue weighted by atomic mass is 19.1. The Morgan fingerprint density at radius 3 is 2.95 bits per heavy atom. The van der Waals surface area contributed by atoms with Gasteiger partial charge in [0.05, 0.1) is 5.60 Å². The number of ether oxygens (including phenoxy) is 1. The van der Waals surface area contributed by atoms with Crippen molar-refractivity contribution in [2.45, 2.75) is 45.3 Å². The Labute approximate surface area is 127 Å². The van der Waals surface area contributed by atoms with Gasteiger partial charge in [0.2, 0.25) is 0 Å². The molecule has 1 aliphatic rings. The van der Waals surface area contributed by atoms with Crippen LogP contribution in [0, 0.1) is 5.82 Å². The van der Waals surface area contributed by atoms with Crippen LogP contribution >= 0.6 is 0 Å². The van der Waals surface area contributed by atoms with Crippen LogP contribution in [-0.4, -0.2) is 32.3 Å². The zero-order valence-corrected chi connectivity index (χ0v) is 13.4. The Morgan fingerprint density at radius 1 is 1.43 bits per heavy atom. The van der Waals surface area contributed by atoms with Gasteiger partial charge in [0.15, 0.2) is 0 Å². The first-order valence-corrected chi connectivity index (χ1v) is 7.87. The zero-order chi connectivity index (χ0) is 15.3. The smallest absolute Gasteiger partial charge is 0.123 e. The summed E-state index contributed by atoms with van der Waals surface area (Å²) in [4.78, 5) is 2.33. The first-order valence-electron chi connectivity index (χ1n) is 7.87. The van der Waals surface area contributed by atoms with Crippen LogP contribution in [-0.2, 0) is 11.3 Å². The fraction of sp³-hybridized carbons (Fsp3) is 0.647. The molecule has 1 saturated heterocycles. The lowest BCUT2D eigenvalue weighted by Gasteiger charge is -2.41. The molecular weight excluding hydrogens is 267 g/mol. The summed E-state index contributed by atoms with van der Waals surface area (Å²) in [6, 6.07) is 5.10. The van der Waals surface area contributed by atoms with E-state index >= 15 is 0 Å². The van der Waals surface area contributed by atoms with Gasteiger partial charge in [-0.15, -0.1) is 0 Å². The minimum absolute atomic E-state index is 0.110. The van der Waals surface area contributed by atoms with Crippen molar-refractivity contribution in [2.75, 3.05) is 31.6 Å². The molecule has 1 aliphatic heterocycles. The molecule has 0 spiro atoms. The molecule has 4 heteroatoms. The van der Waals surface area contributed by atoms with Crippen LogP contribution in [0.3, 0.4) is 0 Å². The quantitative estimate of drug-likeness (QED) is 0.815. The summed E-state index contributed by atoms with van der Waals surface area (Å²) < 4.78 is 19.2. The molecule has 0 bridgehead atoms. The average molecular weight is 294 g/mol. The lowest BCUT2D eigenvalue weighted by atomic mass is 9.93. The molecule has 0 aliphatic carbocycles. The van der Waals surface area contributed by atoms with E-state index in [-0.39, 0.29) is 11.4 Å². The molecule has 21 heavy (non-hydrogen) atoms. The molecule has 0 amide bonds. The van der Waals surface area contributed by atoms with E-state index < -0.39 is 0 Å². The van der Waals surface area contributed by atoms with Gasteiger partial charge in [0.1, 0.15) is 5.82 Å². The summed E-state index contributed by atoms with van der Waals surface area (Å²) >= 11 is 0. The number of piperidine rings is 1. The van der Waals surface area contributed by atoms with E-state index in [4.69, 9.17) is 4.74 Å². The highest BCUT2D eigenvalue weighted by Gasteiger charge is 2.31. The van der Waals surface area contributed by atoms with Gasteiger partial charge in [-0.25, -0.2) is 4.39 Å². The van der Waals surface area contributed by atoms with Crippen LogP contribution in [0.1, 0.15) is 38.7 Å². The minimum Gasteiger partial charge on any atom is -0.377 e. The SMILES string of the molecule is CCCNCc1cc(F)ccc1N1CCCC(C)(OC)C1. The summed E-state index contributed by atoms with van der Waals surface area (Å²) in [6.07, 6.45) is 3.25. The van der Waals surface area contributed by atoms with Crippen LogP contribution in [0.15, 0.2) is 18.2 Å². The maximum atomic E-state index is 13.6. The van der Waals surface area contributed by atoms with Crippen molar-refractivity contribution >= 4 is 5.69 Å². The third-order valence-corrected chi connectivity index (χ3v) is 4.28. The molecule has 1 aromatic rings. The van der Waals surface area contributed by atoms with Crippen molar-refractivity contribution in [3.8, 4) is 0 Å². The second kappa shape index (κ2) is 7.23. The van der Waals surface area contributed by atoms with E-state index in [1.54, 1.807) is 19.2 Å². The van der Waals surface area contributed by atoms with Crippen LogP contribution in [0.2, 0.25) is 0 Å². The number of hydrogen-bond acceptors (Lipinski definition) is 3. The van der Waals surface area contributed by atoms with Crippen LogP contribution in [0.5, 0.6) is 0 Å². The Hall–Kier alpha value is -1.13. The molecular formula is C17H27FN2O. The number of hydrogen-bond donors (Lipinski definition) is 1. The fourth-order valence-corrected chi connectivity index (χ4v) is 2.98. The molecule has 118 valence electrons. The second-order valence-corrected chi connectivity index (χ2v) is 6.13. The van der Waals surface area contributed by atoms with Gasteiger partial charge in [-0.05, 0) is 56.5 Å². The van der Waals surface area contributed by atoms with Crippen molar-refractivity contribution in [3.05, 3.63) is 29.6 Å². The van der Waals surface area contributed by atoms with Crippen LogP contribution in [0.4, 0.5) is 10.1 Å². The number of methoxy groups -OCH3 is 1. The van der Waals surface area contributed by atoms with Gasteiger partial charge in [-0.3, -0.25) is 0 Å². The predicted octanol–water partition coefficient (Wildman–Crippen LogP) is 3.33.